The Morgan fingerprint density at radius 2 is 2.00 bits per heavy atom. The van der Waals surface area contributed by atoms with Crippen LogP contribution in [0.1, 0.15) is 34.6 Å². The van der Waals surface area contributed by atoms with Crippen LogP contribution in [0.3, 0.4) is 0 Å². The molecule has 5 nitrogen and oxygen atoms in total. The molecule has 2 aliphatic rings. The Morgan fingerprint density at radius 3 is 2.60 bits per heavy atom. The molecule has 2 saturated heterocycles. The zero-order chi connectivity index (χ0) is 15.1. The summed E-state index contributed by atoms with van der Waals surface area (Å²) >= 11 is 2.36. The number of ether oxygens (including phenoxy) is 3. The van der Waals surface area contributed by atoms with E-state index in [0.717, 1.165) is 0 Å². The minimum Gasteiger partial charge on any atom is -0.444 e. The van der Waals surface area contributed by atoms with Crippen LogP contribution >= 0.6 is 22.6 Å². The minimum absolute atomic E-state index is 0.137. The van der Waals surface area contributed by atoms with E-state index >= 15 is 0 Å². The predicted molar refractivity (Wildman–Crippen MR) is 84.0 cm³/mol. The molecule has 2 rings (SSSR count). The van der Waals surface area contributed by atoms with Crippen LogP contribution in [0.2, 0.25) is 0 Å². The van der Waals surface area contributed by atoms with Crippen molar-refractivity contribution >= 4 is 28.7 Å². The van der Waals surface area contributed by atoms with Gasteiger partial charge in [0.1, 0.15) is 5.60 Å². The number of likely N-dealkylation sites (tertiary alicyclic amines) is 1. The molecule has 0 aromatic carbocycles. The average Bonchev–Trinajstić information content (AvgIpc) is 2.27. The number of rotatable bonds is 0. The van der Waals surface area contributed by atoms with Gasteiger partial charge in [0.25, 0.3) is 0 Å². The Bertz CT molecular complexity index is 380. The number of piperidine rings is 1. The van der Waals surface area contributed by atoms with Crippen LogP contribution in [-0.4, -0.2) is 52.1 Å². The van der Waals surface area contributed by atoms with Gasteiger partial charge in [-0.2, -0.15) is 0 Å². The molecule has 2 fully saturated rings. The number of amides is 1. The van der Waals surface area contributed by atoms with E-state index in [4.69, 9.17) is 14.2 Å². The van der Waals surface area contributed by atoms with Crippen molar-refractivity contribution in [2.24, 2.45) is 5.92 Å². The Labute approximate surface area is 134 Å². The van der Waals surface area contributed by atoms with E-state index in [9.17, 15) is 4.79 Å². The van der Waals surface area contributed by atoms with E-state index in [0.29, 0.717) is 19.7 Å². The second-order valence-corrected chi connectivity index (χ2v) is 8.55. The predicted octanol–water partition coefficient (Wildman–Crippen LogP) is 2.81. The summed E-state index contributed by atoms with van der Waals surface area (Å²) in [7, 11) is 0. The number of carbonyl (C=O) groups is 1. The van der Waals surface area contributed by atoms with Gasteiger partial charge < -0.3 is 19.1 Å². The summed E-state index contributed by atoms with van der Waals surface area (Å²) in [6, 6.07) is 0. The van der Waals surface area contributed by atoms with Gasteiger partial charge in [0.05, 0.1) is 16.6 Å². The first kappa shape index (κ1) is 16.3. The summed E-state index contributed by atoms with van der Waals surface area (Å²) in [5.74, 6) is -0.315. The maximum Gasteiger partial charge on any atom is 0.410 e. The molecule has 116 valence electrons. The molecule has 0 aliphatic carbocycles. The SMILES string of the molecule is CC(C)(C)OC(=O)N1C[C@@H]2COC(C)(C)O[C@@H]2[C@@H](I)C1. The van der Waals surface area contributed by atoms with Gasteiger partial charge in [-0.1, -0.05) is 22.6 Å². The Morgan fingerprint density at radius 1 is 1.35 bits per heavy atom. The van der Waals surface area contributed by atoms with E-state index < -0.39 is 11.4 Å². The van der Waals surface area contributed by atoms with E-state index in [2.05, 4.69) is 22.6 Å². The quantitative estimate of drug-likeness (QED) is 0.466. The van der Waals surface area contributed by atoms with E-state index in [1.165, 1.54) is 0 Å². The van der Waals surface area contributed by atoms with Gasteiger partial charge in [-0.15, -0.1) is 0 Å². The van der Waals surface area contributed by atoms with Crippen molar-refractivity contribution in [3.05, 3.63) is 0 Å². The third-order valence-corrected chi connectivity index (χ3v) is 4.49. The lowest BCUT2D eigenvalue weighted by molar-refractivity contribution is -0.297. The van der Waals surface area contributed by atoms with E-state index in [1.54, 1.807) is 4.90 Å². The zero-order valence-electron chi connectivity index (χ0n) is 12.8. The topological polar surface area (TPSA) is 48.0 Å². The summed E-state index contributed by atoms with van der Waals surface area (Å²) in [5, 5.41) is 0. The second kappa shape index (κ2) is 5.61. The molecule has 20 heavy (non-hydrogen) atoms. The summed E-state index contributed by atoms with van der Waals surface area (Å²) in [5.41, 5.74) is -0.462. The van der Waals surface area contributed by atoms with Crippen molar-refractivity contribution in [3.8, 4) is 0 Å². The standard InChI is InChI=1S/C14H24INO4/c1-13(2,3)20-12(17)16-6-9-8-18-14(4,5)19-11(9)10(15)7-16/h9-11H,6-8H2,1-5H3/t9-,10+,11+/m1/s1. The van der Waals surface area contributed by atoms with Crippen LogP contribution in [0.4, 0.5) is 4.79 Å². The lowest BCUT2D eigenvalue weighted by Crippen LogP contribution is -2.60. The van der Waals surface area contributed by atoms with Crippen molar-refractivity contribution < 1.29 is 19.0 Å². The number of hydrogen-bond donors (Lipinski definition) is 0. The smallest absolute Gasteiger partial charge is 0.410 e. The maximum atomic E-state index is 12.2. The average molecular weight is 397 g/mol. The summed E-state index contributed by atoms with van der Waals surface area (Å²) in [4.78, 5) is 14.0. The van der Waals surface area contributed by atoms with Gasteiger partial charge >= 0.3 is 6.09 Å². The van der Waals surface area contributed by atoms with Gasteiger partial charge in [-0.25, -0.2) is 4.79 Å². The lowest BCUT2D eigenvalue weighted by atomic mass is 9.94. The molecular weight excluding hydrogens is 373 g/mol. The van der Waals surface area contributed by atoms with E-state index in [1.807, 2.05) is 34.6 Å². The summed E-state index contributed by atoms with van der Waals surface area (Å²) < 4.78 is 17.4. The number of fused-ring (bicyclic) bond motifs is 1. The highest BCUT2D eigenvalue weighted by Gasteiger charge is 2.45. The highest BCUT2D eigenvalue weighted by Crippen LogP contribution is 2.35. The number of halogens is 1. The van der Waals surface area contributed by atoms with E-state index in [-0.39, 0.29) is 22.0 Å². The molecule has 1 amide bonds. The van der Waals surface area contributed by atoms with Gasteiger partial charge in [0, 0.05) is 19.0 Å². The fraction of sp³-hybridized carbons (Fsp3) is 0.929. The molecule has 2 aliphatic heterocycles. The largest absolute Gasteiger partial charge is 0.444 e. The van der Waals surface area contributed by atoms with Crippen LogP contribution in [0.25, 0.3) is 0 Å². The molecule has 0 N–H and O–H groups in total. The third kappa shape index (κ3) is 3.98. The van der Waals surface area contributed by atoms with Crippen LogP contribution < -0.4 is 0 Å². The van der Waals surface area contributed by atoms with Crippen molar-refractivity contribution in [2.75, 3.05) is 19.7 Å². The van der Waals surface area contributed by atoms with Gasteiger partial charge in [-0.3, -0.25) is 0 Å². The monoisotopic (exact) mass is 397 g/mol. The molecule has 0 aromatic heterocycles. The van der Waals surface area contributed by atoms with Crippen LogP contribution in [-0.2, 0) is 14.2 Å². The van der Waals surface area contributed by atoms with Crippen molar-refractivity contribution in [2.45, 2.75) is 56.0 Å². The molecule has 6 heteroatoms. The van der Waals surface area contributed by atoms with Gasteiger partial charge in [0.2, 0.25) is 0 Å². The van der Waals surface area contributed by atoms with Gasteiger partial charge in [-0.05, 0) is 34.6 Å². The number of nitrogens with zero attached hydrogens (tertiary/aromatic N) is 1. The van der Waals surface area contributed by atoms with Crippen molar-refractivity contribution in [1.82, 2.24) is 4.90 Å². The number of hydrogen-bond acceptors (Lipinski definition) is 4. The molecule has 2 heterocycles. The summed E-state index contributed by atoms with van der Waals surface area (Å²) in [6.45, 7) is 11.4. The molecular formula is C14H24INO4. The van der Waals surface area contributed by atoms with Crippen LogP contribution in [0.5, 0.6) is 0 Å². The number of alkyl halides is 1. The molecule has 0 aromatic rings. The molecule has 0 unspecified atom stereocenters. The molecule has 0 saturated carbocycles. The van der Waals surface area contributed by atoms with Gasteiger partial charge in [0.15, 0.2) is 5.79 Å². The lowest BCUT2D eigenvalue weighted by Gasteiger charge is -2.48. The first-order valence-electron chi connectivity index (χ1n) is 7.01. The maximum absolute atomic E-state index is 12.2. The zero-order valence-corrected chi connectivity index (χ0v) is 15.0. The van der Waals surface area contributed by atoms with Crippen molar-refractivity contribution in [1.29, 1.82) is 0 Å². The highest BCUT2D eigenvalue weighted by atomic mass is 127. The Balaban J connectivity index is 2.00. The van der Waals surface area contributed by atoms with Crippen LogP contribution in [0.15, 0.2) is 0 Å². The normalized spacial score (nSPS) is 33.5. The van der Waals surface area contributed by atoms with Crippen molar-refractivity contribution in [3.63, 3.8) is 0 Å². The van der Waals surface area contributed by atoms with Crippen LogP contribution in [0, 0.1) is 5.92 Å². The Kier molecular flexibility index (Phi) is 4.57. The molecule has 0 bridgehead atoms. The first-order chi connectivity index (χ1) is 9.07. The first-order valence-corrected chi connectivity index (χ1v) is 8.26. The Hall–Kier alpha value is -0.0800. The minimum atomic E-state index is -0.529. The number of carbonyl (C=O) groups excluding carboxylic acids is 1. The fourth-order valence-corrected chi connectivity index (χ4v) is 3.74. The second-order valence-electron chi connectivity index (χ2n) is 6.95. The third-order valence-electron chi connectivity index (χ3n) is 3.39. The summed E-state index contributed by atoms with van der Waals surface area (Å²) in [6.07, 6.45) is -0.111. The molecule has 3 atom stereocenters. The fourth-order valence-electron chi connectivity index (χ4n) is 2.53. The molecule has 0 radical (unpaired) electrons. The molecule has 0 spiro atoms. The highest BCUT2D eigenvalue weighted by molar-refractivity contribution is 14.1.